The van der Waals surface area contributed by atoms with E-state index in [1.807, 2.05) is 13.0 Å². The van der Waals surface area contributed by atoms with E-state index >= 15 is 0 Å². The lowest BCUT2D eigenvalue weighted by Crippen LogP contribution is -2.38. The molecule has 0 atom stereocenters. The molecule has 1 fully saturated rings. The predicted molar refractivity (Wildman–Crippen MR) is 134 cm³/mol. The standard InChI is InChI=1S/C26H25N5O5/c1-16-13-19(17(2)31(16)29-24(33)18-7-5-4-6-8-18)14-22-25(34)30(26(35)28-22)15-23(32)27-20-9-11-21(36-3)12-10-20/h4-14H,15H2,1-3H3,(H,27,32)(H,28,35)(H,29,33)/b22-14-. The van der Waals surface area contributed by atoms with Crippen molar-refractivity contribution >= 4 is 35.5 Å². The van der Waals surface area contributed by atoms with Crippen LogP contribution in [0.2, 0.25) is 0 Å². The molecule has 1 saturated heterocycles. The van der Waals surface area contributed by atoms with E-state index in [2.05, 4.69) is 16.1 Å². The van der Waals surface area contributed by atoms with Crippen LogP contribution >= 0.6 is 0 Å². The highest BCUT2D eigenvalue weighted by Crippen LogP contribution is 2.20. The molecular weight excluding hydrogens is 462 g/mol. The molecule has 10 nitrogen and oxygen atoms in total. The van der Waals surface area contributed by atoms with Crippen molar-refractivity contribution < 1.29 is 23.9 Å². The number of carbonyl (C=O) groups excluding carboxylic acids is 4. The van der Waals surface area contributed by atoms with E-state index in [-0.39, 0.29) is 11.6 Å². The number of ether oxygens (including phenoxy) is 1. The highest BCUT2D eigenvalue weighted by Gasteiger charge is 2.35. The van der Waals surface area contributed by atoms with Crippen LogP contribution in [-0.2, 0) is 9.59 Å². The Morgan fingerprint density at radius 1 is 1.03 bits per heavy atom. The molecule has 184 valence electrons. The van der Waals surface area contributed by atoms with Crippen LogP contribution in [0.5, 0.6) is 5.75 Å². The fourth-order valence-electron chi connectivity index (χ4n) is 3.75. The van der Waals surface area contributed by atoms with Gasteiger partial charge in [0.2, 0.25) is 5.91 Å². The molecule has 3 N–H and O–H groups in total. The third-order valence-electron chi connectivity index (χ3n) is 5.66. The topological polar surface area (TPSA) is 122 Å². The molecule has 0 bridgehead atoms. The van der Waals surface area contributed by atoms with Crippen molar-refractivity contribution in [2.45, 2.75) is 13.8 Å². The van der Waals surface area contributed by atoms with Gasteiger partial charge in [-0.15, -0.1) is 0 Å². The Balaban J connectivity index is 1.45. The summed E-state index contributed by atoms with van der Waals surface area (Å²) in [5.74, 6) is -0.790. The first kappa shape index (κ1) is 24.3. The second kappa shape index (κ2) is 10.2. The number of rotatable bonds is 7. The first-order valence-corrected chi connectivity index (χ1v) is 11.1. The van der Waals surface area contributed by atoms with Crippen LogP contribution in [0.15, 0.2) is 66.4 Å². The molecule has 2 heterocycles. The Morgan fingerprint density at radius 3 is 2.39 bits per heavy atom. The minimum Gasteiger partial charge on any atom is -0.497 e. The minimum absolute atomic E-state index is 0.0342. The van der Waals surface area contributed by atoms with Crippen molar-refractivity contribution in [3.8, 4) is 5.75 Å². The van der Waals surface area contributed by atoms with Crippen LogP contribution in [0, 0.1) is 13.8 Å². The summed E-state index contributed by atoms with van der Waals surface area (Å²) in [5.41, 5.74) is 5.91. The monoisotopic (exact) mass is 487 g/mol. The summed E-state index contributed by atoms with van der Waals surface area (Å²) in [5, 5.41) is 5.16. The second-order valence-electron chi connectivity index (χ2n) is 8.12. The number of nitrogens with one attached hydrogen (secondary N) is 3. The van der Waals surface area contributed by atoms with Gasteiger partial charge < -0.3 is 15.4 Å². The number of urea groups is 1. The molecule has 36 heavy (non-hydrogen) atoms. The van der Waals surface area contributed by atoms with Crippen LogP contribution in [0.4, 0.5) is 10.5 Å². The van der Waals surface area contributed by atoms with Gasteiger partial charge in [0.15, 0.2) is 0 Å². The highest BCUT2D eigenvalue weighted by atomic mass is 16.5. The average molecular weight is 488 g/mol. The Labute approximate surface area is 207 Å². The Hall–Kier alpha value is -4.86. The lowest BCUT2D eigenvalue weighted by molar-refractivity contribution is -0.127. The van der Waals surface area contributed by atoms with Gasteiger partial charge in [0, 0.05) is 22.6 Å². The first-order chi connectivity index (χ1) is 17.3. The number of imide groups is 1. The summed E-state index contributed by atoms with van der Waals surface area (Å²) >= 11 is 0. The summed E-state index contributed by atoms with van der Waals surface area (Å²) < 4.78 is 6.69. The van der Waals surface area contributed by atoms with Crippen molar-refractivity contribution in [2.24, 2.45) is 0 Å². The van der Waals surface area contributed by atoms with Gasteiger partial charge in [-0.2, -0.15) is 0 Å². The maximum absolute atomic E-state index is 12.9. The zero-order valence-corrected chi connectivity index (χ0v) is 20.0. The van der Waals surface area contributed by atoms with E-state index in [1.165, 1.54) is 13.2 Å². The van der Waals surface area contributed by atoms with Gasteiger partial charge in [-0.1, -0.05) is 18.2 Å². The van der Waals surface area contributed by atoms with Crippen molar-refractivity contribution in [1.82, 2.24) is 14.9 Å². The van der Waals surface area contributed by atoms with Crippen LogP contribution in [-0.4, -0.2) is 47.0 Å². The zero-order chi connectivity index (χ0) is 25.8. The van der Waals surface area contributed by atoms with Crippen LogP contribution < -0.4 is 20.8 Å². The van der Waals surface area contributed by atoms with Gasteiger partial charge in [0.1, 0.15) is 18.0 Å². The van der Waals surface area contributed by atoms with Crippen molar-refractivity contribution in [3.63, 3.8) is 0 Å². The largest absolute Gasteiger partial charge is 0.497 e. The van der Waals surface area contributed by atoms with Crippen LogP contribution in [0.25, 0.3) is 6.08 Å². The van der Waals surface area contributed by atoms with Crippen molar-refractivity contribution in [2.75, 3.05) is 24.4 Å². The maximum Gasteiger partial charge on any atom is 0.329 e. The van der Waals surface area contributed by atoms with E-state index in [4.69, 9.17) is 4.74 Å². The number of carbonyl (C=O) groups is 4. The number of hydrogen-bond donors (Lipinski definition) is 3. The Bertz CT molecular complexity index is 1360. The molecule has 1 aliphatic rings. The van der Waals surface area contributed by atoms with Crippen molar-refractivity contribution in [3.05, 3.63) is 88.9 Å². The fraction of sp³-hybridized carbons (Fsp3) is 0.154. The number of nitrogens with zero attached hydrogens (tertiary/aromatic N) is 2. The van der Waals surface area contributed by atoms with E-state index in [0.29, 0.717) is 28.3 Å². The number of hydrogen-bond acceptors (Lipinski definition) is 5. The van der Waals surface area contributed by atoms with Crippen molar-refractivity contribution in [1.29, 1.82) is 0 Å². The third-order valence-corrected chi connectivity index (χ3v) is 5.66. The molecule has 0 unspecified atom stereocenters. The van der Waals surface area contributed by atoms with Crippen LogP contribution in [0.3, 0.4) is 0 Å². The molecule has 4 rings (SSSR count). The van der Waals surface area contributed by atoms with E-state index < -0.39 is 24.4 Å². The van der Waals surface area contributed by atoms with E-state index in [9.17, 15) is 19.2 Å². The van der Waals surface area contributed by atoms with Gasteiger partial charge >= 0.3 is 6.03 Å². The van der Waals surface area contributed by atoms with E-state index in [1.54, 1.807) is 66.2 Å². The quantitative estimate of drug-likeness (QED) is 0.349. The Morgan fingerprint density at radius 2 is 1.72 bits per heavy atom. The number of aromatic nitrogens is 1. The molecule has 0 aliphatic carbocycles. The van der Waals surface area contributed by atoms with Gasteiger partial charge in [-0.3, -0.25) is 24.5 Å². The molecule has 3 aromatic rings. The summed E-state index contributed by atoms with van der Waals surface area (Å²) in [4.78, 5) is 51.1. The number of anilines is 1. The molecule has 2 aromatic carbocycles. The second-order valence-corrected chi connectivity index (χ2v) is 8.12. The lowest BCUT2D eigenvalue weighted by atomic mass is 10.2. The summed E-state index contributed by atoms with van der Waals surface area (Å²) in [6.45, 7) is 3.15. The molecule has 1 aromatic heterocycles. The molecule has 0 spiro atoms. The third kappa shape index (κ3) is 5.12. The number of methoxy groups -OCH3 is 1. The summed E-state index contributed by atoms with van der Waals surface area (Å²) in [7, 11) is 1.54. The number of benzene rings is 2. The molecule has 10 heteroatoms. The molecule has 5 amide bonds. The molecular formula is C26H25N5O5. The van der Waals surface area contributed by atoms with Gasteiger partial charge in [0.25, 0.3) is 11.8 Å². The lowest BCUT2D eigenvalue weighted by Gasteiger charge is -2.12. The highest BCUT2D eigenvalue weighted by molar-refractivity contribution is 6.16. The minimum atomic E-state index is -0.692. The zero-order valence-electron chi connectivity index (χ0n) is 20.0. The average Bonchev–Trinajstić information content (AvgIpc) is 3.29. The first-order valence-electron chi connectivity index (χ1n) is 11.1. The normalized spacial score (nSPS) is 14.1. The number of aryl methyl sites for hydroxylation is 1. The molecule has 0 saturated carbocycles. The Kier molecular flexibility index (Phi) is 6.86. The van der Waals surface area contributed by atoms with Gasteiger partial charge in [-0.05, 0) is 68.0 Å². The molecule has 1 aliphatic heterocycles. The fourth-order valence-corrected chi connectivity index (χ4v) is 3.75. The predicted octanol–water partition coefficient (Wildman–Crippen LogP) is 3.03. The summed E-state index contributed by atoms with van der Waals surface area (Å²) in [6.07, 6.45) is 1.52. The SMILES string of the molecule is COc1ccc(NC(=O)CN2C(=O)N/C(=C\c3cc(C)n(NC(=O)c4ccccc4)c3C)C2=O)cc1. The number of amides is 5. The van der Waals surface area contributed by atoms with Crippen LogP contribution in [0.1, 0.15) is 27.3 Å². The molecule has 0 radical (unpaired) electrons. The smallest absolute Gasteiger partial charge is 0.329 e. The maximum atomic E-state index is 12.9. The van der Waals surface area contributed by atoms with Gasteiger partial charge in [0.05, 0.1) is 7.11 Å². The van der Waals surface area contributed by atoms with Gasteiger partial charge in [-0.25, -0.2) is 9.69 Å². The van der Waals surface area contributed by atoms with E-state index in [0.717, 1.165) is 10.6 Å². The summed E-state index contributed by atoms with van der Waals surface area (Å²) in [6, 6.07) is 16.6.